The van der Waals surface area contributed by atoms with Gasteiger partial charge >= 0.3 is 5.97 Å². The topological polar surface area (TPSA) is 101 Å². The highest BCUT2D eigenvalue weighted by molar-refractivity contribution is 5.79. The highest BCUT2D eigenvalue weighted by Crippen LogP contribution is 2.30. The number of aliphatic carboxylic acids is 1. The smallest absolute Gasteiger partial charge is 0.303 e. The van der Waals surface area contributed by atoms with Crippen LogP contribution in [-0.2, 0) is 4.79 Å². The molecule has 1 aliphatic rings. The highest BCUT2D eigenvalue weighted by Gasteiger charge is 2.24. The number of fused-ring (bicyclic) bond motifs is 1. The number of carboxylic acids is 1. The lowest BCUT2D eigenvalue weighted by Gasteiger charge is -2.27. The summed E-state index contributed by atoms with van der Waals surface area (Å²) in [4.78, 5) is 27.8. The first-order valence-electron chi connectivity index (χ1n) is 10.9. The number of para-hydroxylation sites is 2. The van der Waals surface area contributed by atoms with Crippen LogP contribution in [0.2, 0.25) is 0 Å². The molecule has 0 atom stereocenters. The molecule has 1 aliphatic carbocycles. The minimum atomic E-state index is -0.717. The normalized spacial score (nSPS) is 18.5. The Morgan fingerprint density at radius 1 is 0.969 bits per heavy atom. The first-order chi connectivity index (χ1) is 15.6. The summed E-state index contributed by atoms with van der Waals surface area (Å²) in [6.07, 6.45) is 7.44. The second-order valence-corrected chi connectivity index (χ2v) is 8.28. The average Bonchev–Trinajstić information content (AvgIpc) is 3.25. The number of ether oxygens (including phenoxy) is 1. The van der Waals surface area contributed by atoms with Crippen molar-refractivity contribution >= 4 is 17.0 Å². The molecule has 32 heavy (non-hydrogen) atoms. The molecule has 0 saturated heterocycles. The SMILES string of the molecule is O=C(O)CC1CCC(Oc2ccc(-c3ccc(-c4nc5ccccc5[nH]4)cn3)cn2)CC1. The Balaban J connectivity index is 1.22. The van der Waals surface area contributed by atoms with E-state index in [1.165, 1.54) is 0 Å². The fourth-order valence-electron chi connectivity index (χ4n) is 4.27. The van der Waals surface area contributed by atoms with Gasteiger partial charge < -0.3 is 14.8 Å². The zero-order valence-corrected chi connectivity index (χ0v) is 17.6. The number of benzene rings is 1. The molecular weight excluding hydrogens is 404 g/mol. The van der Waals surface area contributed by atoms with Crippen molar-refractivity contribution in [3.63, 3.8) is 0 Å². The van der Waals surface area contributed by atoms with Crippen LogP contribution in [-0.4, -0.2) is 37.1 Å². The average molecular weight is 428 g/mol. The fraction of sp³-hybridized carbons (Fsp3) is 0.280. The largest absolute Gasteiger partial charge is 0.481 e. The Morgan fingerprint density at radius 3 is 2.44 bits per heavy atom. The number of H-pyrrole nitrogens is 1. The maximum atomic E-state index is 10.9. The van der Waals surface area contributed by atoms with E-state index in [-0.39, 0.29) is 18.4 Å². The molecule has 3 heterocycles. The van der Waals surface area contributed by atoms with Crippen LogP contribution in [0, 0.1) is 5.92 Å². The number of nitrogens with one attached hydrogen (secondary N) is 1. The number of nitrogens with zero attached hydrogens (tertiary/aromatic N) is 3. The Bertz CT molecular complexity index is 1180. The maximum Gasteiger partial charge on any atom is 0.303 e. The molecule has 0 unspecified atom stereocenters. The summed E-state index contributed by atoms with van der Waals surface area (Å²) in [5, 5.41) is 8.94. The van der Waals surface area contributed by atoms with Crippen molar-refractivity contribution in [1.29, 1.82) is 0 Å². The minimum Gasteiger partial charge on any atom is -0.481 e. The molecule has 3 aromatic heterocycles. The van der Waals surface area contributed by atoms with Gasteiger partial charge in [-0.25, -0.2) is 9.97 Å². The summed E-state index contributed by atoms with van der Waals surface area (Å²) in [6.45, 7) is 0. The molecule has 5 rings (SSSR count). The van der Waals surface area contributed by atoms with Crippen LogP contribution in [0.5, 0.6) is 5.88 Å². The van der Waals surface area contributed by atoms with Gasteiger partial charge in [-0.3, -0.25) is 9.78 Å². The molecule has 0 radical (unpaired) electrons. The molecule has 1 aromatic carbocycles. The molecule has 0 amide bonds. The van der Waals surface area contributed by atoms with Crippen LogP contribution in [0.25, 0.3) is 33.7 Å². The predicted molar refractivity (Wildman–Crippen MR) is 121 cm³/mol. The second-order valence-electron chi connectivity index (χ2n) is 8.28. The number of pyridine rings is 2. The van der Waals surface area contributed by atoms with Gasteiger partial charge in [-0.05, 0) is 61.9 Å². The van der Waals surface area contributed by atoms with Crippen molar-refractivity contribution in [2.75, 3.05) is 0 Å². The zero-order valence-electron chi connectivity index (χ0n) is 17.6. The van der Waals surface area contributed by atoms with Gasteiger partial charge in [0.25, 0.3) is 0 Å². The number of imidazole rings is 1. The van der Waals surface area contributed by atoms with E-state index >= 15 is 0 Å². The Kier molecular flexibility index (Phi) is 5.54. The number of hydrogen-bond donors (Lipinski definition) is 2. The van der Waals surface area contributed by atoms with Gasteiger partial charge in [-0.1, -0.05) is 12.1 Å². The number of hydrogen-bond acceptors (Lipinski definition) is 5. The molecule has 0 spiro atoms. The van der Waals surface area contributed by atoms with E-state index < -0.39 is 5.97 Å². The molecule has 1 fully saturated rings. The molecule has 162 valence electrons. The Labute approximate surface area is 185 Å². The first kappa shape index (κ1) is 20.2. The third-order valence-corrected chi connectivity index (χ3v) is 6.00. The van der Waals surface area contributed by atoms with Gasteiger partial charge in [0.05, 0.1) is 16.7 Å². The molecule has 7 nitrogen and oxygen atoms in total. The molecule has 2 N–H and O–H groups in total. The summed E-state index contributed by atoms with van der Waals surface area (Å²) in [7, 11) is 0. The van der Waals surface area contributed by atoms with Gasteiger partial charge in [0.15, 0.2) is 0 Å². The second kappa shape index (κ2) is 8.78. The van der Waals surface area contributed by atoms with Crippen molar-refractivity contribution in [1.82, 2.24) is 19.9 Å². The predicted octanol–water partition coefficient (Wildman–Crippen LogP) is 5.10. The van der Waals surface area contributed by atoms with E-state index in [1.54, 1.807) is 6.20 Å². The van der Waals surface area contributed by atoms with Crippen LogP contribution in [0.15, 0.2) is 60.9 Å². The standard InChI is InChI=1S/C25H24N4O3/c30-24(31)13-16-5-9-19(10-6-16)32-23-12-8-17(14-27-23)20-11-7-18(15-26-20)25-28-21-3-1-2-4-22(21)29-25/h1-4,7-8,11-12,14-16,19H,5-6,9-10,13H2,(H,28,29)(H,30,31). The van der Waals surface area contributed by atoms with E-state index in [1.807, 2.05) is 54.7 Å². The van der Waals surface area contributed by atoms with Crippen LogP contribution < -0.4 is 4.74 Å². The monoisotopic (exact) mass is 428 g/mol. The van der Waals surface area contributed by atoms with E-state index in [2.05, 4.69) is 19.9 Å². The van der Waals surface area contributed by atoms with Crippen LogP contribution >= 0.6 is 0 Å². The summed E-state index contributed by atoms with van der Waals surface area (Å²) in [5.41, 5.74) is 4.61. The van der Waals surface area contributed by atoms with Crippen LogP contribution in [0.4, 0.5) is 0 Å². The molecule has 0 aliphatic heterocycles. The molecule has 1 saturated carbocycles. The van der Waals surface area contributed by atoms with Gasteiger partial charge in [-0.2, -0.15) is 0 Å². The maximum absolute atomic E-state index is 10.9. The lowest BCUT2D eigenvalue weighted by Crippen LogP contribution is -2.25. The van der Waals surface area contributed by atoms with Crippen molar-refractivity contribution in [2.45, 2.75) is 38.2 Å². The van der Waals surface area contributed by atoms with Crippen molar-refractivity contribution in [3.8, 4) is 28.5 Å². The van der Waals surface area contributed by atoms with Crippen molar-refractivity contribution in [2.24, 2.45) is 5.92 Å². The van der Waals surface area contributed by atoms with Crippen molar-refractivity contribution < 1.29 is 14.6 Å². The van der Waals surface area contributed by atoms with Crippen molar-refractivity contribution in [3.05, 3.63) is 60.9 Å². The zero-order chi connectivity index (χ0) is 21.9. The first-order valence-corrected chi connectivity index (χ1v) is 10.9. The lowest BCUT2D eigenvalue weighted by atomic mass is 9.85. The summed E-state index contributed by atoms with van der Waals surface area (Å²) >= 11 is 0. The summed E-state index contributed by atoms with van der Waals surface area (Å²) in [5.74, 6) is 0.932. The van der Waals surface area contributed by atoms with Crippen LogP contribution in [0.3, 0.4) is 0 Å². The summed E-state index contributed by atoms with van der Waals surface area (Å²) in [6, 6.07) is 15.7. The number of carbonyl (C=O) groups is 1. The van der Waals surface area contributed by atoms with E-state index in [9.17, 15) is 4.79 Å². The fourth-order valence-corrected chi connectivity index (χ4v) is 4.27. The van der Waals surface area contributed by atoms with E-state index in [0.717, 1.165) is 59.4 Å². The van der Waals surface area contributed by atoms with Gasteiger partial charge in [0.2, 0.25) is 5.88 Å². The highest BCUT2D eigenvalue weighted by atomic mass is 16.5. The Morgan fingerprint density at radius 2 is 1.75 bits per heavy atom. The number of aromatic nitrogens is 4. The molecular formula is C25H24N4O3. The minimum absolute atomic E-state index is 0.0969. The number of rotatable bonds is 6. The third kappa shape index (κ3) is 4.46. The van der Waals surface area contributed by atoms with Gasteiger partial charge in [0.1, 0.15) is 11.9 Å². The third-order valence-electron chi connectivity index (χ3n) is 6.00. The number of aromatic amines is 1. The Hall–Kier alpha value is -3.74. The number of carboxylic acid groups (broad SMARTS) is 1. The van der Waals surface area contributed by atoms with E-state index in [4.69, 9.17) is 9.84 Å². The van der Waals surface area contributed by atoms with Gasteiger partial charge in [0, 0.05) is 36.0 Å². The summed E-state index contributed by atoms with van der Waals surface area (Å²) < 4.78 is 6.01. The molecule has 7 heteroatoms. The molecule has 0 bridgehead atoms. The quantitative estimate of drug-likeness (QED) is 0.443. The lowest BCUT2D eigenvalue weighted by molar-refractivity contribution is -0.138. The van der Waals surface area contributed by atoms with Crippen LogP contribution in [0.1, 0.15) is 32.1 Å². The van der Waals surface area contributed by atoms with E-state index in [0.29, 0.717) is 5.88 Å². The van der Waals surface area contributed by atoms with Gasteiger partial charge in [-0.15, -0.1) is 0 Å². The molecule has 4 aromatic rings.